The molecule has 0 bridgehead atoms. The second kappa shape index (κ2) is 1.89. The monoisotopic (exact) mass is 152 g/mol. The second-order valence-corrected chi connectivity index (χ2v) is 3.46. The number of aliphatic hydroxyl groups is 1. The first-order valence-electron chi connectivity index (χ1n) is 3.91. The summed E-state index contributed by atoms with van der Waals surface area (Å²) in [6.45, 7) is 3.99. The highest BCUT2D eigenvalue weighted by atomic mass is 16.4. The molecule has 11 heavy (non-hydrogen) atoms. The predicted octanol–water partition coefficient (Wildman–Crippen LogP) is 1.82. The van der Waals surface area contributed by atoms with E-state index in [-0.39, 0.29) is 0 Å². The highest BCUT2D eigenvalue weighted by Gasteiger charge is 2.54. The van der Waals surface area contributed by atoms with Crippen molar-refractivity contribution in [2.45, 2.75) is 25.9 Å². The number of aryl methyl sites for hydroxylation is 1. The van der Waals surface area contributed by atoms with Gasteiger partial charge >= 0.3 is 0 Å². The van der Waals surface area contributed by atoms with Gasteiger partial charge in [0.1, 0.15) is 11.4 Å². The minimum Gasteiger partial charge on any atom is -0.466 e. The van der Waals surface area contributed by atoms with Gasteiger partial charge in [-0.25, -0.2) is 0 Å². The third-order valence-corrected chi connectivity index (χ3v) is 2.53. The number of rotatable bonds is 1. The molecule has 1 aliphatic carbocycles. The van der Waals surface area contributed by atoms with Crippen LogP contribution in [0, 0.1) is 12.8 Å². The topological polar surface area (TPSA) is 33.4 Å². The van der Waals surface area contributed by atoms with Gasteiger partial charge in [0.25, 0.3) is 0 Å². The molecule has 2 unspecified atom stereocenters. The molecule has 60 valence electrons. The molecule has 0 spiro atoms. The fourth-order valence-corrected chi connectivity index (χ4v) is 1.54. The Kier molecular flexibility index (Phi) is 1.19. The van der Waals surface area contributed by atoms with Crippen molar-refractivity contribution in [3.63, 3.8) is 0 Å². The smallest absolute Gasteiger partial charge is 0.138 e. The SMILES string of the molecule is Cc1ccoc1C1(O)CC1C. The largest absolute Gasteiger partial charge is 0.466 e. The van der Waals surface area contributed by atoms with Crippen LogP contribution in [0.5, 0.6) is 0 Å². The predicted molar refractivity (Wildman–Crippen MR) is 41.1 cm³/mol. The number of hydrogen-bond acceptors (Lipinski definition) is 2. The minimum atomic E-state index is -0.645. The van der Waals surface area contributed by atoms with Crippen LogP contribution in [0.3, 0.4) is 0 Å². The molecule has 1 saturated carbocycles. The van der Waals surface area contributed by atoms with Crippen molar-refractivity contribution in [2.24, 2.45) is 5.92 Å². The van der Waals surface area contributed by atoms with E-state index < -0.39 is 5.60 Å². The molecule has 0 aromatic carbocycles. The van der Waals surface area contributed by atoms with Crippen molar-refractivity contribution in [1.82, 2.24) is 0 Å². The van der Waals surface area contributed by atoms with E-state index in [1.807, 2.05) is 19.9 Å². The number of hydrogen-bond donors (Lipinski definition) is 1. The molecule has 2 nitrogen and oxygen atoms in total. The minimum absolute atomic E-state index is 0.354. The first-order valence-corrected chi connectivity index (χ1v) is 3.91. The van der Waals surface area contributed by atoms with Crippen LogP contribution >= 0.6 is 0 Å². The highest BCUT2D eigenvalue weighted by Crippen LogP contribution is 2.52. The molecule has 1 aromatic heterocycles. The molecule has 0 radical (unpaired) electrons. The first kappa shape index (κ1) is 6.92. The van der Waals surface area contributed by atoms with E-state index in [4.69, 9.17) is 4.42 Å². The average Bonchev–Trinajstić information content (AvgIpc) is 2.43. The van der Waals surface area contributed by atoms with E-state index in [0.717, 1.165) is 17.7 Å². The first-order chi connectivity index (χ1) is 5.14. The quantitative estimate of drug-likeness (QED) is 0.665. The van der Waals surface area contributed by atoms with Crippen LogP contribution in [-0.2, 0) is 5.60 Å². The fraction of sp³-hybridized carbons (Fsp3) is 0.556. The maximum atomic E-state index is 9.84. The molecule has 0 saturated heterocycles. The Morgan fingerprint density at radius 2 is 2.36 bits per heavy atom. The summed E-state index contributed by atoms with van der Waals surface area (Å²) in [5.41, 5.74) is 0.407. The van der Waals surface area contributed by atoms with Crippen LogP contribution in [0.15, 0.2) is 16.7 Å². The van der Waals surface area contributed by atoms with Gasteiger partial charge in [-0.2, -0.15) is 0 Å². The van der Waals surface area contributed by atoms with Gasteiger partial charge in [-0.3, -0.25) is 0 Å². The second-order valence-electron chi connectivity index (χ2n) is 3.46. The lowest BCUT2D eigenvalue weighted by Gasteiger charge is -2.05. The Bertz CT molecular complexity index is 277. The normalized spacial score (nSPS) is 35.7. The van der Waals surface area contributed by atoms with Gasteiger partial charge in [-0.15, -0.1) is 0 Å². The standard InChI is InChI=1S/C9H12O2/c1-6-3-4-11-8(6)9(10)5-7(9)2/h3-4,7,10H,5H2,1-2H3. The summed E-state index contributed by atoms with van der Waals surface area (Å²) in [4.78, 5) is 0. The summed E-state index contributed by atoms with van der Waals surface area (Å²) >= 11 is 0. The molecular weight excluding hydrogens is 140 g/mol. The van der Waals surface area contributed by atoms with Crippen LogP contribution in [0.25, 0.3) is 0 Å². The third kappa shape index (κ3) is 0.824. The Morgan fingerprint density at radius 1 is 1.73 bits per heavy atom. The Balaban J connectivity index is 2.37. The molecule has 1 N–H and O–H groups in total. The Hall–Kier alpha value is -0.760. The molecule has 1 fully saturated rings. The van der Waals surface area contributed by atoms with Crippen molar-refractivity contribution in [3.8, 4) is 0 Å². The van der Waals surface area contributed by atoms with Crippen LogP contribution in [0.2, 0.25) is 0 Å². The third-order valence-electron chi connectivity index (χ3n) is 2.53. The molecule has 2 rings (SSSR count). The summed E-state index contributed by atoms with van der Waals surface area (Å²) in [5, 5.41) is 9.84. The highest BCUT2D eigenvalue weighted by molar-refractivity contribution is 5.27. The van der Waals surface area contributed by atoms with Crippen LogP contribution in [-0.4, -0.2) is 5.11 Å². The van der Waals surface area contributed by atoms with Gasteiger partial charge < -0.3 is 9.52 Å². The van der Waals surface area contributed by atoms with E-state index in [1.165, 1.54) is 0 Å². The number of furan rings is 1. The summed E-state index contributed by atoms with van der Waals surface area (Å²) in [7, 11) is 0. The Labute approximate surface area is 65.8 Å². The van der Waals surface area contributed by atoms with Crippen molar-refractivity contribution in [2.75, 3.05) is 0 Å². The van der Waals surface area contributed by atoms with Gasteiger partial charge in [0.05, 0.1) is 6.26 Å². The van der Waals surface area contributed by atoms with Crippen LogP contribution in [0.1, 0.15) is 24.7 Å². The van der Waals surface area contributed by atoms with Crippen molar-refractivity contribution in [3.05, 3.63) is 23.7 Å². The van der Waals surface area contributed by atoms with E-state index in [2.05, 4.69) is 0 Å². The summed E-state index contributed by atoms with van der Waals surface area (Å²) in [6, 6.07) is 1.89. The summed E-state index contributed by atoms with van der Waals surface area (Å²) in [6.07, 6.45) is 2.47. The lowest BCUT2D eigenvalue weighted by molar-refractivity contribution is 0.107. The molecule has 1 aromatic rings. The lowest BCUT2D eigenvalue weighted by atomic mass is 10.1. The lowest BCUT2D eigenvalue weighted by Crippen LogP contribution is -2.07. The zero-order valence-electron chi connectivity index (χ0n) is 6.79. The van der Waals surface area contributed by atoms with Gasteiger partial charge in [0.15, 0.2) is 0 Å². The van der Waals surface area contributed by atoms with Gasteiger partial charge in [-0.05, 0) is 30.9 Å². The molecule has 0 amide bonds. The van der Waals surface area contributed by atoms with Crippen LogP contribution < -0.4 is 0 Å². The maximum absolute atomic E-state index is 9.84. The van der Waals surface area contributed by atoms with Gasteiger partial charge in [0, 0.05) is 0 Å². The van der Waals surface area contributed by atoms with Gasteiger partial charge in [0.2, 0.25) is 0 Å². The summed E-state index contributed by atoms with van der Waals surface area (Å²) in [5.74, 6) is 1.11. The van der Waals surface area contributed by atoms with Crippen molar-refractivity contribution >= 4 is 0 Å². The van der Waals surface area contributed by atoms with Crippen molar-refractivity contribution < 1.29 is 9.52 Å². The summed E-state index contributed by atoms with van der Waals surface area (Å²) < 4.78 is 5.21. The molecule has 1 heterocycles. The molecule has 0 aliphatic heterocycles. The average molecular weight is 152 g/mol. The Morgan fingerprint density at radius 3 is 2.73 bits per heavy atom. The molecule has 2 atom stereocenters. The zero-order valence-corrected chi connectivity index (χ0v) is 6.79. The molecular formula is C9H12O2. The zero-order chi connectivity index (χ0) is 8.06. The van der Waals surface area contributed by atoms with Gasteiger partial charge in [-0.1, -0.05) is 6.92 Å². The fourth-order valence-electron chi connectivity index (χ4n) is 1.54. The maximum Gasteiger partial charge on any atom is 0.138 e. The van der Waals surface area contributed by atoms with E-state index in [0.29, 0.717) is 5.92 Å². The molecule has 2 heteroatoms. The van der Waals surface area contributed by atoms with E-state index >= 15 is 0 Å². The molecule has 1 aliphatic rings. The van der Waals surface area contributed by atoms with E-state index in [1.54, 1.807) is 6.26 Å². The van der Waals surface area contributed by atoms with Crippen LogP contribution in [0.4, 0.5) is 0 Å². The van der Waals surface area contributed by atoms with E-state index in [9.17, 15) is 5.11 Å². The van der Waals surface area contributed by atoms with Crippen molar-refractivity contribution in [1.29, 1.82) is 0 Å².